The molecule has 0 bridgehead atoms. The van der Waals surface area contributed by atoms with E-state index in [9.17, 15) is 14.7 Å². The maximum absolute atomic E-state index is 11.8. The summed E-state index contributed by atoms with van der Waals surface area (Å²) in [5.41, 5.74) is 0.610. The lowest BCUT2D eigenvalue weighted by atomic mass is 10.1. The Morgan fingerprint density at radius 2 is 1.81 bits per heavy atom. The molecular formula is C15H15NO5. The number of nitrogens with one attached hydrogen (secondary N) is 1. The molecule has 0 aliphatic heterocycles. The molecule has 1 aromatic heterocycles. The van der Waals surface area contributed by atoms with Crippen molar-refractivity contribution >= 4 is 11.8 Å². The van der Waals surface area contributed by atoms with Gasteiger partial charge in [-0.3, -0.25) is 14.6 Å². The molecule has 0 aliphatic rings. The van der Waals surface area contributed by atoms with E-state index in [0.717, 1.165) is 6.07 Å². The fourth-order valence-electron chi connectivity index (χ4n) is 1.82. The van der Waals surface area contributed by atoms with Gasteiger partial charge in [-0.2, -0.15) is 0 Å². The normalized spacial score (nSPS) is 10.3. The second kappa shape index (κ2) is 6.60. The first-order valence-electron chi connectivity index (χ1n) is 6.46. The predicted octanol–water partition coefficient (Wildman–Crippen LogP) is 2.38. The molecule has 3 N–H and O–H groups in total. The molecule has 0 fully saturated rings. The lowest BCUT2D eigenvalue weighted by molar-refractivity contribution is -0.134. The van der Waals surface area contributed by atoms with E-state index in [1.165, 1.54) is 0 Å². The van der Waals surface area contributed by atoms with Crippen molar-refractivity contribution in [1.82, 2.24) is 4.98 Å². The molecule has 2 rings (SSSR count). The Kier molecular flexibility index (Phi) is 4.61. The number of carbonyl (C=O) groups is 2. The summed E-state index contributed by atoms with van der Waals surface area (Å²) in [6.07, 6.45) is 0.636. The van der Waals surface area contributed by atoms with E-state index in [1.54, 1.807) is 24.3 Å². The van der Waals surface area contributed by atoms with E-state index in [1.807, 2.05) is 6.07 Å². The maximum Gasteiger partial charge on any atom is 0.311 e. The first-order chi connectivity index (χ1) is 10.1. The van der Waals surface area contributed by atoms with Crippen LogP contribution < -0.4 is 4.74 Å². The van der Waals surface area contributed by atoms with Crippen molar-refractivity contribution in [2.75, 3.05) is 0 Å². The van der Waals surface area contributed by atoms with Crippen LogP contribution in [0.2, 0.25) is 0 Å². The van der Waals surface area contributed by atoms with Gasteiger partial charge < -0.3 is 14.9 Å². The monoisotopic (exact) mass is 289 g/mol. The molecule has 110 valence electrons. The van der Waals surface area contributed by atoms with Crippen LogP contribution in [0, 0.1) is 0 Å². The van der Waals surface area contributed by atoms with Crippen molar-refractivity contribution in [2.45, 2.75) is 19.3 Å². The highest BCUT2D eigenvalue weighted by molar-refractivity contribution is 5.96. The van der Waals surface area contributed by atoms with Crippen LogP contribution in [0.4, 0.5) is 0 Å². The van der Waals surface area contributed by atoms with Crippen LogP contribution >= 0.6 is 0 Å². The summed E-state index contributed by atoms with van der Waals surface area (Å²) in [6, 6.07) is 9.93. The zero-order valence-corrected chi connectivity index (χ0v) is 11.2. The summed E-state index contributed by atoms with van der Waals surface area (Å²) in [5, 5.41) is 18.4. The number of H-pyrrole nitrogens is 1. The second-order valence-corrected chi connectivity index (χ2v) is 4.48. The highest BCUT2D eigenvalue weighted by Gasteiger charge is 2.13. The first kappa shape index (κ1) is 14.6. The van der Waals surface area contributed by atoms with Crippen LogP contribution in [-0.2, 0) is 4.79 Å². The molecule has 0 aliphatic carbocycles. The Morgan fingerprint density at radius 1 is 1.10 bits per heavy atom. The summed E-state index contributed by atoms with van der Waals surface area (Å²) < 4.78 is 4.86. The van der Waals surface area contributed by atoms with Gasteiger partial charge in [-0.15, -0.1) is 0 Å². The molecule has 2 aromatic rings. The summed E-state index contributed by atoms with van der Waals surface area (Å²) >= 11 is 0. The zero-order chi connectivity index (χ0) is 15.2. The van der Waals surface area contributed by atoms with Gasteiger partial charge in [0.05, 0.1) is 0 Å². The molecule has 1 aromatic carbocycles. The van der Waals surface area contributed by atoms with Crippen molar-refractivity contribution in [3.8, 4) is 17.5 Å². The summed E-state index contributed by atoms with van der Waals surface area (Å²) in [4.78, 5) is 25.6. The Balaban J connectivity index is 1.77. The highest BCUT2D eigenvalue weighted by atomic mass is 16.5. The minimum atomic E-state index is -0.579. The average Bonchev–Trinajstić information content (AvgIpc) is 2.77. The number of rotatable bonds is 6. The zero-order valence-electron chi connectivity index (χ0n) is 11.2. The molecule has 0 amide bonds. The number of ether oxygens (including phenoxy) is 1. The molecule has 6 heteroatoms. The minimum Gasteiger partial charge on any atom is -0.494 e. The summed E-state index contributed by atoms with van der Waals surface area (Å²) in [5.74, 6) is -1.46. The topological polar surface area (TPSA) is 99.6 Å². The van der Waals surface area contributed by atoms with Crippen LogP contribution in [0.1, 0.15) is 29.6 Å². The van der Waals surface area contributed by atoms with Gasteiger partial charge in [0.25, 0.3) is 0 Å². The van der Waals surface area contributed by atoms with Crippen molar-refractivity contribution in [1.29, 1.82) is 0 Å². The molecule has 0 saturated heterocycles. The fourth-order valence-corrected chi connectivity index (χ4v) is 1.82. The Morgan fingerprint density at radius 3 is 2.43 bits per heavy atom. The quantitative estimate of drug-likeness (QED) is 0.560. The number of esters is 1. The number of aromatic amines is 1. The van der Waals surface area contributed by atoms with Crippen molar-refractivity contribution in [2.24, 2.45) is 0 Å². The average molecular weight is 289 g/mol. The van der Waals surface area contributed by atoms with Crippen molar-refractivity contribution in [3.05, 3.63) is 42.0 Å². The van der Waals surface area contributed by atoms with Gasteiger partial charge >= 0.3 is 5.97 Å². The highest BCUT2D eigenvalue weighted by Crippen LogP contribution is 2.29. The third kappa shape index (κ3) is 4.10. The third-order valence-corrected chi connectivity index (χ3v) is 2.85. The molecule has 0 spiro atoms. The van der Waals surface area contributed by atoms with Gasteiger partial charge in [-0.05, 0) is 6.42 Å². The van der Waals surface area contributed by atoms with E-state index in [2.05, 4.69) is 4.98 Å². The molecule has 0 saturated carbocycles. The van der Waals surface area contributed by atoms with Crippen molar-refractivity contribution in [3.63, 3.8) is 0 Å². The molecular weight excluding hydrogens is 274 g/mol. The van der Waals surface area contributed by atoms with Gasteiger partial charge in [0, 0.05) is 24.5 Å². The van der Waals surface area contributed by atoms with Crippen LogP contribution in [0.15, 0.2) is 36.4 Å². The Labute approximate surface area is 121 Å². The number of hydrogen-bond donors (Lipinski definition) is 3. The SMILES string of the molecule is O=C(CCCC(=O)c1ccccc1)Oc1cc(O)[nH]c1O. The molecule has 0 unspecified atom stereocenters. The van der Waals surface area contributed by atoms with Gasteiger partial charge in [0.2, 0.25) is 5.88 Å². The summed E-state index contributed by atoms with van der Waals surface area (Å²) in [6.45, 7) is 0. The van der Waals surface area contributed by atoms with E-state index >= 15 is 0 Å². The van der Waals surface area contributed by atoms with Crippen LogP contribution in [0.25, 0.3) is 0 Å². The van der Waals surface area contributed by atoms with Gasteiger partial charge in [0.15, 0.2) is 17.4 Å². The lowest BCUT2D eigenvalue weighted by Crippen LogP contribution is -2.08. The second-order valence-electron chi connectivity index (χ2n) is 4.48. The number of aromatic nitrogens is 1. The first-order valence-corrected chi connectivity index (χ1v) is 6.46. The Hall–Kier alpha value is -2.76. The van der Waals surface area contributed by atoms with E-state index in [4.69, 9.17) is 9.84 Å². The van der Waals surface area contributed by atoms with E-state index < -0.39 is 11.8 Å². The Bertz CT molecular complexity index is 633. The summed E-state index contributed by atoms with van der Waals surface area (Å²) in [7, 11) is 0. The molecule has 21 heavy (non-hydrogen) atoms. The van der Waals surface area contributed by atoms with Crippen molar-refractivity contribution < 1.29 is 24.5 Å². The number of aromatic hydroxyl groups is 2. The molecule has 6 nitrogen and oxygen atoms in total. The van der Waals surface area contributed by atoms with Crippen LogP contribution in [0.5, 0.6) is 17.5 Å². The molecule has 0 atom stereocenters. The number of ketones is 1. The number of Topliss-reactive ketones (excluding diaryl/α,β-unsaturated/α-hetero) is 1. The van der Waals surface area contributed by atoms with E-state index in [-0.39, 0.29) is 30.3 Å². The standard InChI is InChI=1S/C15H15NO5/c17-11(10-5-2-1-3-6-10)7-4-8-14(19)21-12-9-13(18)16-15(12)20/h1-3,5-6,9,16,18,20H,4,7-8H2. The molecule has 0 radical (unpaired) electrons. The van der Waals surface area contributed by atoms with Gasteiger partial charge in [0.1, 0.15) is 0 Å². The third-order valence-electron chi connectivity index (χ3n) is 2.85. The van der Waals surface area contributed by atoms with Gasteiger partial charge in [-0.1, -0.05) is 30.3 Å². The largest absolute Gasteiger partial charge is 0.494 e. The predicted molar refractivity (Wildman–Crippen MR) is 74.4 cm³/mol. The maximum atomic E-state index is 11.8. The van der Waals surface area contributed by atoms with Crippen LogP contribution in [-0.4, -0.2) is 26.9 Å². The fraction of sp³-hybridized carbons (Fsp3) is 0.200. The number of benzene rings is 1. The van der Waals surface area contributed by atoms with E-state index in [0.29, 0.717) is 12.0 Å². The number of hydrogen-bond acceptors (Lipinski definition) is 5. The minimum absolute atomic E-state index is 0.0365. The number of carbonyl (C=O) groups excluding carboxylic acids is 2. The van der Waals surface area contributed by atoms with Gasteiger partial charge in [-0.25, -0.2) is 0 Å². The van der Waals surface area contributed by atoms with Crippen LogP contribution in [0.3, 0.4) is 0 Å². The lowest BCUT2D eigenvalue weighted by Gasteiger charge is -2.03. The smallest absolute Gasteiger partial charge is 0.311 e. The molecule has 1 heterocycles.